The van der Waals surface area contributed by atoms with E-state index in [0.717, 1.165) is 58.3 Å². The molecule has 0 N–H and O–H groups in total. The quantitative estimate of drug-likeness (QED) is 0.156. The Labute approximate surface area is 305 Å². The molecule has 7 aromatic rings. The molecule has 0 saturated carbocycles. The summed E-state index contributed by atoms with van der Waals surface area (Å²) in [6.45, 7) is 11.5. The Morgan fingerprint density at radius 3 is 2.40 bits per heavy atom. The fourth-order valence-corrected chi connectivity index (χ4v) is 9.34. The van der Waals surface area contributed by atoms with Crippen LogP contribution in [0, 0.1) is 10.4 Å². The second kappa shape index (κ2) is 11.9. The molecule has 9 rings (SSSR count). The minimum absolute atomic E-state index is 0.225. The molecule has 2 aliphatic rings. The summed E-state index contributed by atoms with van der Waals surface area (Å²) in [7, 11) is 0. The van der Waals surface area contributed by atoms with Crippen molar-refractivity contribution < 1.29 is 17.7 Å². The van der Waals surface area contributed by atoms with Crippen molar-refractivity contribution in [1.82, 2.24) is 23.7 Å². The first-order valence-corrected chi connectivity index (χ1v) is 18.9. The highest BCUT2D eigenvalue weighted by Crippen LogP contribution is 2.46. The molecule has 2 atom stereocenters. The Morgan fingerprint density at radius 1 is 0.830 bits per heavy atom. The lowest BCUT2D eigenvalue weighted by Gasteiger charge is -2.45. The minimum Gasteiger partial charge on any atom is -0.309 e. The van der Waals surface area contributed by atoms with E-state index < -0.39 is 23.1 Å². The van der Waals surface area contributed by atoms with Gasteiger partial charge >= 0.3 is 6.18 Å². The average Bonchev–Trinajstić information content (AvgIpc) is 3.85. The van der Waals surface area contributed by atoms with Gasteiger partial charge in [0.05, 0.1) is 26.8 Å². The fraction of sp³-hybridized carbons (Fsp3) is 0.318. The number of alkyl halides is 3. The van der Waals surface area contributed by atoms with Gasteiger partial charge in [-0.15, -0.1) is 5.10 Å². The normalized spacial score (nSPS) is 19.6. The van der Waals surface area contributed by atoms with Gasteiger partial charge in [0.15, 0.2) is 6.20 Å². The molecule has 9 heteroatoms. The van der Waals surface area contributed by atoms with Crippen LogP contribution in [0.5, 0.6) is 0 Å². The number of pyridine rings is 2. The largest absolute Gasteiger partial charge is 0.453 e. The molecule has 0 aliphatic carbocycles. The van der Waals surface area contributed by atoms with Crippen LogP contribution in [0.2, 0.25) is 0 Å². The molecule has 3 aromatic carbocycles. The highest BCUT2D eigenvalue weighted by atomic mass is 19.4. The number of halogens is 3. The van der Waals surface area contributed by atoms with E-state index >= 15 is 0 Å². The van der Waals surface area contributed by atoms with Crippen molar-refractivity contribution in [2.75, 3.05) is 6.54 Å². The smallest absolute Gasteiger partial charge is 0.309 e. The van der Waals surface area contributed by atoms with Gasteiger partial charge in [-0.1, -0.05) is 57.5 Å². The topological polar surface area (TPSA) is 42.0 Å². The summed E-state index contributed by atoms with van der Waals surface area (Å²) in [5.74, 6) is -0.894. The Bertz CT molecular complexity index is 2870. The van der Waals surface area contributed by atoms with E-state index in [0.29, 0.717) is 18.5 Å². The third kappa shape index (κ3) is 4.58. The van der Waals surface area contributed by atoms with Crippen LogP contribution in [0.3, 0.4) is 0 Å². The van der Waals surface area contributed by atoms with Crippen LogP contribution in [-0.4, -0.2) is 25.7 Å². The van der Waals surface area contributed by atoms with Gasteiger partial charge in [0.25, 0.3) is 11.5 Å². The molecule has 0 radical (unpaired) electrons. The van der Waals surface area contributed by atoms with Crippen LogP contribution in [0.1, 0.15) is 71.7 Å². The highest BCUT2D eigenvalue weighted by molar-refractivity contribution is 6.03. The zero-order valence-electron chi connectivity index (χ0n) is 30.8. The first-order chi connectivity index (χ1) is 25.6. The maximum atomic E-state index is 14.3. The molecule has 0 bridgehead atoms. The molecule has 4 aromatic heterocycles. The van der Waals surface area contributed by atoms with Crippen LogP contribution >= 0.6 is 0 Å². The fourth-order valence-electron chi connectivity index (χ4n) is 9.34. The number of aryl methyl sites for hydroxylation is 1. The van der Waals surface area contributed by atoms with E-state index in [-0.39, 0.29) is 5.82 Å². The molecular formula is C44H43F3N6+2. The van der Waals surface area contributed by atoms with Gasteiger partial charge in [0.1, 0.15) is 12.1 Å². The number of benzene rings is 3. The third-order valence-electron chi connectivity index (χ3n) is 12.2. The lowest BCUT2D eigenvalue weighted by molar-refractivity contribution is -0.756. The SMILES string of the molecule is CCCCc1ccc2c(c1)=[N+](CC)c1cc3c(cc1=2)c(=CC1(CC)[n+]2ccccc2-c2nc(C(F)(F)F)nn2C1(C)CC)n1c2ccccc2ccc31. The van der Waals surface area contributed by atoms with Crippen LogP contribution in [0.4, 0.5) is 18.9 Å². The van der Waals surface area contributed by atoms with Crippen LogP contribution in [0.15, 0.2) is 91.1 Å². The summed E-state index contributed by atoms with van der Waals surface area (Å²) in [4.78, 5) is 4.13. The van der Waals surface area contributed by atoms with Gasteiger partial charge in [0.2, 0.25) is 22.4 Å². The maximum Gasteiger partial charge on any atom is 0.453 e. The van der Waals surface area contributed by atoms with Crippen molar-refractivity contribution in [3.63, 3.8) is 0 Å². The van der Waals surface area contributed by atoms with Crippen molar-refractivity contribution >= 4 is 39.0 Å². The van der Waals surface area contributed by atoms with E-state index in [9.17, 15) is 13.2 Å². The van der Waals surface area contributed by atoms with Crippen LogP contribution in [-0.2, 0) is 23.7 Å². The molecule has 0 saturated heterocycles. The van der Waals surface area contributed by atoms with Gasteiger partial charge in [-0.3, -0.25) is 0 Å². The summed E-state index contributed by atoms with van der Waals surface area (Å²) in [5.41, 5.74) is 3.56. The van der Waals surface area contributed by atoms with Crippen molar-refractivity contribution in [2.45, 2.75) is 84.0 Å². The monoisotopic (exact) mass is 712 g/mol. The number of unbranched alkanes of at least 4 members (excludes halogenated alkanes) is 1. The van der Waals surface area contributed by atoms with Gasteiger partial charge in [-0.05, 0) is 74.4 Å². The summed E-state index contributed by atoms with van der Waals surface area (Å²) in [6, 6.07) is 30.1. The number of aromatic nitrogens is 5. The van der Waals surface area contributed by atoms with E-state index in [1.54, 1.807) is 4.68 Å². The van der Waals surface area contributed by atoms with E-state index in [4.69, 9.17) is 0 Å². The zero-order valence-corrected chi connectivity index (χ0v) is 30.8. The Kier molecular flexibility index (Phi) is 7.50. The van der Waals surface area contributed by atoms with Crippen molar-refractivity contribution in [3.8, 4) is 11.5 Å². The molecule has 268 valence electrons. The van der Waals surface area contributed by atoms with E-state index in [1.165, 1.54) is 27.0 Å². The van der Waals surface area contributed by atoms with Crippen LogP contribution in [0.25, 0.3) is 44.8 Å². The summed E-state index contributed by atoms with van der Waals surface area (Å²) < 4.78 is 51.3. The molecule has 0 spiro atoms. The van der Waals surface area contributed by atoms with Crippen molar-refractivity contribution in [2.24, 2.45) is 0 Å². The number of hydrogen-bond acceptors (Lipinski definition) is 2. The van der Waals surface area contributed by atoms with Gasteiger partial charge in [-0.2, -0.15) is 27.3 Å². The van der Waals surface area contributed by atoms with Gasteiger partial charge in [-0.25, -0.2) is 4.68 Å². The van der Waals surface area contributed by atoms with Gasteiger partial charge < -0.3 is 4.40 Å². The minimum atomic E-state index is -4.68. The standard InChI is InChI=1S/C44H43F3N6/c1-6-10-15-28-19-21-30-31-25-32-33(26-38(31)50(9-4)37(30)24-28)35-22-20-29-16-11-12-17-34(29)52(35)39(32)27-43(8-3)42(5,7-2)53-40(36-18-13-14-23-51(36)43)48-41(49-53)44(45,46)47/h11-14,16-27H,6-10,15H2,1-5H3/q+2. The first kappa shape index (κ1) is 33.5. The Balaban J connectivity index is 1.45. The molecule has 2 aliphatic heterocycles. The molecule has 6 heterocycles. The molecule has 2 unspecified atom stereocenters. The number of hydrogen-bond donors (Lipinski definition) is 0. The molecule has 0 amide bonds. The molecule has 0 fully saturated rings. The average molecular weight is 713 g/mol. The van der Waals surface area contributed by atoms with Crippen molar-refractivity contribution in [1.29, 1.82) is 0 Å². The van der Waals surface area contributed by atoms with Gasteiger partial charge in [0, 0.05) is 47.5 Å². The number of rotatable bonds is 7. The lowest BCUT2D eigenvalue weighted by atomic mass is 9.71. The lowest BCUT2D eigenvalue weighted by Crippen LogP contribution is -2.70. The Morgan fingerprint density at radius 2 is 1.64 bits per heavy atom. The molecular weight excluding hydrogens is 670 g/mol. The number of nitrogens with zero attached hydrogens (tertiary/aromatic N) is 6. The third-order valence-corrected chi connectivity index (χ3v) is 12.2. The maximum absolute atomic E-state index is 14.3. The predicted octanol–water partition coefficient (Wildman–Crippen LogP) is 8.32. The molecule has 53 heavy (non-hydrogen) atoms. The predicted molar refractivity (Wildman–Crippen MR) is 203 cm³/mol. The van der Waals surface area contributed by atoms with E-state index in [1.807, 2.05) is 38.2 Å². The Hall–Kier alpha value is -5.31. The second-order valence-electron chi connectivity index (χ2n) is 14.8. The number of para-hydroxylation sites is 1. The summed E-state index contributed by atoms with van der Waals surface area (Å²) in [5, 5.41) is 12.3. The summed E-state index contributed by atoms with van der Waals surface area (Å²) in [6.07, 6.45) is 4.13. The van der Waals surface area contributed by atoms with Crippen molar-refractivity contribution in [3.05, 3.63) is 124 Å². The first-order valence-electron chi connectivity index (χ1n) is 18.9. The van der Waals surface area contributed by atoms with Crippen LogP contribution < -0.4 is 19.8 Å². The second-order valence-corrected chi connectivity index (χ2v) is 14.8. The zero-order chi connectivity index (χ0) is 36.9. The summed E-state index contributed by atoms with van der Waals surface area (Å²) >= 11 is 0. The van der Waals surface area contributed by atoms with E-state index in [2.05, 4.69) is 117 Å². The number of fused-ring (bicyclic) bond motifs is 10. The molecule has 6 nitrogen and oxygen atoms in total. The highest BCUT2D eigenvalue weighted by Gasteiger charge is 2.61.